The smallest absolute Gasteiger partial charge is 0.161 e. The van der Waals surface area contributed by atoms with E-state index in [1.807, 2.05) is 0 Å². The van der Waals surface area contributed by atoms with E-state index in [0.717, 1.165) is 19.4 Å². The standard InChI is InChI=1S/C17H22FNO/c1-12(20)14-8-4-9-15(18)17(14)19-11-5-10-16(19)13-6-2-3-7-13/h4,8-9,13,16H,2-3,5-7,10-11H2,1H3. The van der Waals surface area contributed by atoms with Gasteiger partial charge in [0, 0.05) is 18.2 Å². The number of rotatable bonds is 3. The summed E-state index contributed by atoms with van der Waals surface area (Å²) in [6, 6.07) is 5.29. The summed E-state index contributed by atoms with van der Waals surface area (Å²) in [7, 11) is 0. The molecule has 20 heavy (non-hydrogen) atoms. The molecule has 2 nitrogen and oxygen atoms in total. The van der Waals surface area contributed by atoms with Crippen LogP contribution in [0.2, 0.25) is 0 Å². The Morgan fingerprint density at radius 3 is 2.65 bits per heavy atom. The summed E-state index contributed by atoms with van der Waals surface area (Å²) in [4.78, 5) is 14.0. The van der Waals surface area contributed by atoms with Crippen LogP contribution in [0.5, 0.6) is 0 Å². The predicted molar refractivity (Wildman–Crippen MR) is 78.7 cm³/mol. The van der Waals surface area contributed by atoms with E-state index in [2.05, 4.69) is 4.90 Å². The van der Waals surface area contributed by atoms with Crippen molar-refractivity contribution < 1.29 is 9.18 Å². The highest BCUT2D eigenvalue weighted by atomic mass is 19.1. The molecule has 108 valence electrons. The fourth-order valence-electron chi connectivity index (χ4n) is 3.99. The van der Waals surface area contributed by atoms with E-state index >= 15 is 0 Å². The monoisotopic (exact) mass is 275 g/mol. The van der Waals surface area contributed by atoms with E-state index in [4.69, 9.17) is 0 Å². The number of anilines is 1. The van der Waals surface area contributed by atoms with Gasteiger partial charge in [-0.2, -0.15) is 0 Å². The Hall–Kier alpha value is -1.38. The number of benzene rings is 1. The number of nitrogens with zero attached hydrogens (tertiary/aromatic N) is 1. The van der Waals surface area contributed by atoms with Gasteiger partial charge in [0.1, 0.15) is 5.82 Å². The molecule has 0 radical (unpaired) electrons. The molecule has 1 saturated carbocycles. The minimum atomic E-state index is -0.248. The SMILES string of the molecule is CC(=O)c1cccc(F)c1N1CCCC1C1CCCC1. The van der Waals surface area contributed by atoms with Crippen LogP contribution >= 0.6 is 0 Å². The van der Waals surface area contributed by atoms with Gasteiger partial charge in [0.05, 0.1) is 5.69 Å². The highest BCUT2D eigenvalue weighted by Crippen LogP contribution is 2.39. The van der Waals surface area contributed by atoms with Crippen LogP contribution in [0.15, 0.2) is 18.2 Å². The fourth-order valence-corrected chi connectivity index (χ4v) is 3.99. The molecule has 0 amide bonds. The first kappa shape index (κ1) is 13.6. The van der Waals surface area contributed by atoms with Gasteiger partial charge >= 0.3 is 0 Å². The van der Waals surface area contributed by atoms with E-state index in [-0.39, 0.29) is 11.6 Å². The van der Waals surface area contributed by atoms with Crippen LogP contribution in [0.3, 0.4) is 0 Å². The topological polar surface area (TPSA) is 20.3 Å². The van der Waals surface area contributed by atoms with Crippen molar-refractivity contribution in [1.82, 2.24) is 0 Å². The summed E-state index contributed by atoms with van der Waals surface area (Å²) in [5.74, 6) is 0.385. The molecule has 1 atom stereocenters. The van der Waals surface area contributed by atoms with Crippen LogP contribution in [0, 0.1) is 11.7 Å². The number of carbonyl (C=O) groups excluding carboxylic acids is 1. The summed E-state index contributed by atoms with van der Waals surface area (Å²) in [5.41, 5.74) is 1.09. The number of halogens is 1. The Balaban J connectivity index is 1.96. The minimum absolute atomic E-state index is 0.0448. The van der Waals surface area contributed by atoms with Gasteiger partial charge in [-0.15, -0.1) is 0 Å². The third-order valence-electron chi connectivity index (χ3n) is 4.90. The molecule has 0 aromatic heterocycles. The van der Waals surface area contributed by atoms with Crippen LogP contribution in [0.1, 0.15) is 55.8 Å². The molecule has 1 aromatic rings. The largest absolute Gasteiger partial charge is 0.365 e. The van der Waals surface area contributed by atoms with Gasteiger partial charge < -0.3 is 4.90 Å². The summed E-state index contributed by atoms with van der Waals surface area (Å²) in [6.07, 6.45) is 7.34. The second-order valence-electron chi connectivity index (χ2n) is 6.14. The quantitative estimate of drug-likeness (QED) is 0.771. The molecule has 3 rings (SSSR count). The molecular weight excluding hydrogens is 253 g/mol. The normalized spacial score (nSPS) is 23.5. The van der Waals surface area contributed by atoms with Crippen LogP contribution in [-0.2, 0) is 0 Å². The first-order chi connectivity index (χ1) is 9.68. The Labute approximate surface area is 120 Å². The second kappa shape index (κ2) is 5.55. The Morgan fingerprint density at radius 1 is 1.20 bits per heavy atom. The molecule has 3 heteroatoms. The van der Waals surface area contributed by atoms with Crippen LogP contribution in [0.25, 0.3) is 0 Å². The zero-order chi connectivity index (χ0) is 14.1. The van der Waals surface area contributed by atoms with Crippen molar-refractivity contribution in [1.29, 1.82) is 0 Å². The first-order valence-electron chi connectivity index (χ1n) is 7.74. The number of Topliss-reactive ketones (excluding diaryl/α,β-unsaturated/α-hetero) is 1. The van der Waals surface area contributed by atoms with E-state index in [0.29, 0.717) is 23.2 Å². The van der Waals surface area contributed by atoms with Crippen LogP contribution < -0.4 is 4.90 Å². The maximum Gasteiger partial charge on any atom is 0.161 e. The van der Waals surface area contributed by atoms with Gasteiger partial charge in [0.2, 0.25) is 0 Å². The van der Waals surface area contributed by atoms with Crippen molar-refractivity contribution in [2.24, 2.45) is 5.92 Å². The maximum absolute atomic E-state index is 14.3. The van der Waals surface area contributed by atoms with Gasteiger partial charge in [-0.1, -0.05) is 18.9 Å². The molecular formula is C17H22FNO. The molecule has 1 saturated heterocycles. The molecule has 1 aliphatic carbocycles. The zero-order valence-electron chi connectivity index (χ0n) is 12.1. The summed E-state index contributed by atoms with van der Waals surface area (Å²) < 4.78 is 14.3. The maximum atomic E-state index is 14.3. The van der Waals surface area contributed by atoms with Crippen molar-refractivity contribution in [3.05, 3.63) is 29.6 Å². The number of carbonyl (C=O) groups is 1. The lowest BCUT2D eigenvalue weighted by Crippen LogP contribution is -2.36. The van der Waals surface area contributed by atoms with Crippen molar-refractivity contribution in [3.8, 4) is 0 Å². The summed E-state index contributed by atoms with van der Waals surface area (Å²) >= 11 is 0. The fraction of sp³-hybridized carbons (Fsp3) is 0.588. The highest BCUT2D eigenvalue weighted by Gasteiger charge is 2.35. The van der Waals surface area contributed by atoms with Crippen molar-refractivity contribution in [2.45, 2.75) is 51.5 Å². The number of para-hydroxylation sites is 1. The minimum Gasteiger partial charge on any atom is -0.365 e. The average Bonchev–Trinajstić information content (AvgIpc) is 3.08. The lowest BCUT2D eigenvalue weighted by molar-refractivity contribution is 0.101. The Bertz CT molecular complexity index is 508. The molecule has 2 fully saturated rings. The first-order valence-corrected chi connectivity index (χ1v) is 7.74. The van der Waals surface area contributed by atoms with E-state index < -0.39 is 0 Å². The molecule has 1 unspecified atom stereocenters. The van der Waals surface area contributed by atoms with Crippen LogP contribution in [0.4, 0.5) is 10.1 Å². The number of ketones is 1. The summed E-state index contributed by atoms with van der Waals surface area (Å²) in [6.45, 7) is 2.40. The second-order valence-corrected chi connectivity index (χ2v) is 6.14. The van der Waals surface area contributed by atoms with Crippen molar-refractivity contribution in [3.63, 3.8) is 0 Å². The molecule has 0 spiro atoms. The lowest BCUT2D eigenvalue weighted by atomic mass is 9.95. The molecule has 2 aliphatic rings. The van der Waals surface area contributed by atoms with Gasteiger partial charge in [-0.3, -0.25) is 4.79 Å². The average molecular weight is 275 g/mol. The van der Waals surface area contributed by atoms with Crippen molar-refractivity contribution in [2.75, 3.05) is 11.4 Å². The molecule has 1 aliphatic heterocycles. The highest BCUT2D eigenvalue weighted by molar-refractivity contribution is 6.00. The van der Waals surface area contributed by atoms with Crippen molar-refractivity contribution >= 4 is 11.5 Å². The lowest BCUT2D eigenvalue weighted by Gasteiger charge is -2.32. The van der Waals surface area contributed by atoms with Crippen LogP contribution in [-0.4, -0.2) is 18.4 Å². The van der Waals surface area contributed by atoms with Gasteiger partial charge in [-0.05, 0) is 50.7 Å². The van der Waals surface area contributed by atoms with E-state index in [1.165, 1.54) is 38.7 Å². The molecule has 1 heterocycles. The number of hydrogen-bond donors (Lipinski definition) is 0. The van der Waals surface area contributed by atoms with E-state index in [1.54, 1.807) is 12.1 Å². The van der Waals surface area contributed by atoms with Gasteiger partial charge in [0.15, 0.2) is 5.78 Å². The Kier molecular flexibility index (Phi) is 3.77. The molecule has 0 bridgehead atoms. The van der Waals surface area contributed by atoms with Gasteiger partial charge in [-0.25, -0.2) is 4.39 Å². The van der Waals surface area contributed by atoms with E-state index in [9.17, 15) is 9.18 Å². The predicted octanol–water partition coefficient (Wildman–Crippen LogP) is 4.19. The molecule has 0 N–H and O–H groups in total. The van der Waals surface area contributed by atoms with Gasteiger partial charge in [0.25, 0.3) is 0 Å². The summed E-state index contributed by atoms with van der Waals surface area (Å²) in [5, 5.41) is 0. The Morgan fingerprint density at radius 2 is 1.95 bits per heavy atom. The third-order valence-corrected chi connectivity index (χ3v) is 4.90. The molecule has 1 aromatic carbocycles. The third kappa shape index (κ3) is 2.34. The number of hydrogen-bond acceptors (Lipinski definition) is 2. The zero-order valence-corrected chi connectivity index (χ0v) is 12.1.